The van der Waals surface area contributed by atoms with Crippen LogP contribution < -0.4 is 5.32 Å². The Bertz CT molecular complexity index is 468. The molecule has 2 atom stereocenters. The minimum absolute atomic E-state index is 0.0180. The van der Waals surface area contributed by atoms with Gasteiger partial charge in [0.2, 0.25) is 5.91 Å². The molecule has 0 unspecified atom stereocenters. The van der Waals surface area contributed by atoms with Crippen molar-refractivity contribution in [3.63, 3.8) is 0 Å². The highest BCUT2D eigenvalue weighted by molar-refractivity contribution is 14.1. The molecule has 0 radical (unpaired) electrons. The maximum Gasteiger partial charge on any atom is 0.227 e. The lowest BCUT2D eigenvalue weighted by Gasteiger charge is -2.18. The molecule has 1 rings (SSSR count). The highest BCUT2D eigenvalue weighted by atomic mass is 127. The van der Waals surface area contributed by atoms with Crippen molar-refractivity contribution in [1.82, 2.24) is 5.32 Å². The van der Waals surface area contributed by atoms with Gasteiger partial charge in [0.05, 0.1) is 5.92 Å². The lowest BCUT2D eigenvalue weighted by atomic mass is 9.98. The molecule has 1 amide bonds. The van der Waals surface area contributed by atoms with E-state index >= 15 is 0 Å². The summed E-state index contributed by atoms with van der Waals surface area (Å²) in [5.74, 6) is -0.0916. The Labute approximate surface area is 123 Å². The summed E-state index contributed by atoms with van der Waals surface area (Å²) in [6.07, 6.45) is 0. The summed E-state index contributed by atoms with van der Waals surface area (Å²) in [6.45, 7) is 11.7. The second-order valence-corrected chi connectivity index (χ2v) is 5.97. The van der Waals surface area contributed by atoms with Gasteiger partial charge in [-0.1, -0.05) is 24.3 Å². The van der Waals surface area contributed by atoms with Crippen LogP contribution in [0.3, 0.4) is 0 Å². The van der Waals surface area contributed by atoms with Crippen LogP contribution in [0.2, 0.25) is 0 Å². The van der Waals surface area contributed by atoms with E-state index in [0.29, 0.717) is 0 Å². The Morgan fingerprint density at radius 3 is 2.50 bits per heavy atom. The van der Waals surface area contributed by atoms with Crippen LogP contribution in [-0.4, -0.2) is 11.9 Å². The van der Waals surface area contributed by atoms with E-state index in [-0.39, 0.29) is 17.9 Å². The highest BCUT2D eigenvalue weighted by Gasteiger charge is 2.17. The fourth-order valence-electron chi connectivity index (χ4n) is 1.49. The Kier molecular flexibility index (Phi) is 5.38. The molecule has 18 heavy (non-hydrogen) atoms. The molecule has 2 nitrogen and oxygen atoms in total. The number of carbonyl (C=O) groups is 1. The first kappa shape index (κ1) is 15.2. The number of carbonyl (C=O) groups excluding carboxylic acids is 1. The number of hydrogen-bond acceptors (Lipinski definition) is 1. The topological polar surface area (TPSA) is 29.1 Å². The standard InChI is InChI=1S/C15H20INO/c1-9(2)12(5)17-15(18)11(4)13-7-6-10(3)14(16)8-13/h6-8,11-12H,1H2,2-5H3,(H,17,18)/t11-,12-/m0/s1. The Hall–Kier alpha value is -0.840. The largest absolute Gasteiger partial charge is 0.349 e. The molecule has 0 aliphatic rings. The van der Waals surface area contributed by atoms with Crippen molar-refractivity contribution in [2.45, 2.75) is 39.7 Å². The summed E-state index contributed by atoms with van der Waals surface area (Å²) in [5, 5.41) is 2.97. The molecule has 98 valence electrons. The van der Waals surface area contributed by atoms with Crippen molar-refractivity contribution >= 4 is 28.5 Å². The Morgan fingerprint density at radius 1 is 1.39 bits per heavy atom. The molecule has 3 heteroatoms. The number of hydrogen-bond donors (Lipinski definition) is 1. The molecular weight excluding hydrogens is 337 g/mol. The number of halogens is 1. The van der Waals surface area contributed by atoms with Crippen LogP contribution in [0.15, 0.2) is 30.4 Å². The molecule has 0 heterocycles. The van der Waals surface area contributed by atoms with Crippen LogP contribution in [0.25, 0.3) is 0 Å². The number of benzene rings is 1. The van der Waals surface area contributed by atoms with Gasteiger partial charge in [-0.25, -0.2) is 0 Å². The van der Waals surface area contributed by atoms with E-state index in [1.807, 2.05) is 26.8 Å². The number of aryl methyl sites for hydroxylation is 1. The number of nitrogens with one attached hydrogen (secondary N) is 1. The van der Waals surface area contributed by atoms with Crippen molar-refractivity contribution in [3.05, 3.63) is 45.0 Å². The summed E-state index contributed by atoms with van der Waals surface area (Å²) in [4.78, 5) is 12.1. The van der Waals surface area contributed by atoms with Gasteiger partial charge in [0.1, 0.15) is 0 Å². The van der Waals surface area contributed by atoms with Crippen molar-refractivity contribution in [1.29, 1.82) is 0 Å². The molecule has 1 aromatic rings. The van der Waals surface area contributed by atoms with Gasteiger partial charge in [-0.05, 0) is 67.5 Å². The van der Waals surface area contributed by atoms with E-state index in [9.17, 15) is 4.79 Å². The molecule has 0 aliphatic carbocycles. The van der Waals surface area contributed by atoms with E-state index in [1.165, 1.54) is 9.13 Å². The summed E-state index contributed by atoms with van der Waals surface area (Å²) < 4.78 is 1.19. The van der Waals surface area contributed by atoms with E-state index in [1.54, 1.807) is 0 Å². The molecule has 0 bridgehead atoms. The summed E-state index contributed by atoms with van der Waals surface area (Å²) >= 11 is 2.30. The average Bonchev–Trinajstić information content (AvgIpc) is 2.31. The van der Waals surface area contributed by atoms with Crippen LogP contribution >= 0.6 is 22.6 Å². The zero-order valence-corrected chi connectivity index (χ0v) is 13.5. The summed E-state index contributed by atoms with van der Waals surface area (Å²) in [7, 11) is 0. The smallest absolute Gasteiger partial charge is 0.227 e. The van der Waals surface area contributed by atoms with Gasteiger partial charge in [0.25, 0.3) is 0 Å². The van der Waals surface area contributed by atoms with Gasteiger partial charge in [0, 0.05) is 9.61 Å². The first-order valence-corrected chi connectivity index (χ1v) is 7.12. The van der Waals surface area contributed by atoms with Gasteiger partial charge in [-0.15, -0.1) is 0 Å². The molecule has 1 N–H and O–H groups in total. The van der Waals surface area contributed by atoms with Crippen molar-refractivity contribution < 1.29 is 4.79 Å². The van der Waals surface area contributed by atoms with E-state index in [4.69, 9.17) is 0 Å². The fourth-order valence-corrected chi connectivity index (χ4v) is 2.03. The summed E-state index contributed by atoms with van der Waals surface area (Å²) in [5.41, 5.74) is 3.26. The van der Waals surface area contributed by atoms with E-state index in [0.717, 1.165) is 11.1 Å². The quantitative estimate of drug-likeness (QED) is 0.645. The van der Waals surface area contributed by atoms with E-state index < -0.39 is 0 Å². The van der Waals surface area contributed by atoms with Crippen molar-refractivity contribution in [2.24, 2.45) is 0 Å². The van der Waals surface area contributed by atoms with Crippen LogP contribution in [0, 0.1) is 10.5 Å². The molecule has 0 spiro atoms. The molecule has 1 aromatic carbocycles. The minimum Gasteiger partial charge on any atom is -0.349 e. The van der Waals surface area contributed by atoms with Gasteiger partial charge in [-0.2, -0.15) is 0 Å². The zero-order valence-electron chi connectivity index (χ0n) is 11.4. The van der Waals surface area contributed by atoms with Crippen LogP contribution in [0.4, 0.5) is 0 Å². The monoisotopic (exact) mass is 357 g/mol. The normalized spacial score (nSPS) is 13.8. The Morgan fingerprint density at radius 2 is 2.00 bits per heavy atom. The Balaban J connectivity index is 2.80. The SMILES string of the molecule is C=C(C)[C@H](C)NC(=O)[C@@H](C)c1ccc(C)c(I)c1. The predicted octanol–water partition coefficient (Wildman–Crippen LogP) is 3.78. The third-order valence-electron chi connectivity index (χ3n) is 3.19. The second-order valence-electron chi connectivity index (χ2n) is 4.81. The maximum absolute atomic E-state index is 12.1. The summed E-state index contributed by atoms with van der Waals surface area (Å²) in [6, 6.07) is 6.17. The zero-order chi connectivity index (χ0) is 13.9. The molecule has 0 saturated carbocycles. The van der Waals surface area contributed by atoms with Crippen LogP contribution in [0.1, 0.15) is 37.8 Å². The fraction of sp³-hybridized carbons (Fsp3) is 0.400. The van der Waals surface area contributed by atoms with Gasteiger partial charge in [-0.3, -0.25) is 4.79 Å². The van der Waals surface area contributed by atoms with Crippen molar-refractivity contribution in [2.75, 3.05) is 0 Å². The van der Waals surface area contributed by atoms with Crippen LogP contribution in [-0.2, 0) is 4.79 Å². The maximum atomic E-state index is 12.1. The third-order valence-corrected chi connectivity index (χ3v) is 4.35. The highest BCUT2D eigenvalue weighted by Crippen LogP contribution is 2.21. The molecule has 0 aliphatic heterocycles. The van der Waals surface area contributed by atoms with Gasteiger partial charge in [0.15, 0.2) is 0 Å². The average molecular weight is 357 g/mol. The molecule has 0 saturated heterocycles. The van der Waals surface area contributed by atoms with Crippen LogP contribution in [0.5, 0.6) is 0 Å². The predicted molar refractivity (Wildman–Crippen MR) is 84.7 cm³/mol. The molecular formula is C15H20INO. The lowest BCUT2D eigenvalue weighted by molar-refractivity contribution is -0.122. The first-order valence-electron chi connectivity index (χ1n) is 6.04. The first-order chi connectivity index (χ1) is 8.32. The van der Waals surface area contributed by atoms with Crippen molar-refractivity contribution in [3.8, 4) is 0 Å². The van der Waals surface area contributed by atoms with E-state index in [2.05, 4.69) is 53.5 Å². The number of amides is 1. The minimum atomic E-state index is -0.138. The number of rotatable bonds is 4. The molecule has 0 fully saturated rings. The van der Waals surface area contributed by atoms with Gasteiger partial charge >= 0.3 is 0 Å². The van der Waals surface area contributed by atoms with Gasteiger partial charge < -0.3 is 5.32 Å². The third kappa shape index (κ3) is 3.83. The second kappa shape index (κ2) is 6.36. The molecule has 0 aromatic heterocycles. The lowest BCUT2D eigenvalue weighted by Crippen LogP contribution is -2.36.